The number of anilines is 1. The molecule has 274 valence electrons. The van der Waals surface area contributed by atoms with E-state index in [0.717, 1.165) is 38.6 Å². The number of fused-ring (bicyclic) bond motifs is 3. The fourth-order valence-corrected chi connectivity index (χ4v) is 8.59. The number of aromatic nitrogens is 3. The van der Waals surface area contributed by atoms with E-state index in [9.17, 15) is 19.0 Å². The molecular weight excluding hydrogens is 682 g/mol. The fourth-order valence-electron chi connectivity index (χ4n) is 8.59. The van der Waals surface area contributed by atoms with Crippen molar-refractivity contribution >= 4 is 27.5 Å². The summed E-state index contributed by atoms with van der Waals surface area (Å²) in [6, 6.07) is 6.80. The van der Waals surface area contributed by atoms with E-state index in [-0.39, 0.29) is 102 Å². The molecule has 0 spiro atoms. The Labute approximate surface area is 297 Å². The lowest BCUT2D eigenvalue weighted by molar-refractivity contribution is -0.0102. The summed E-state index contributed by atoms with van der Waals surface area (Å²) in [7, 11) is 1.34. The highest BCUT2D eigenvalue weighted by Crippen LogP contribution is 2.53. The highest BCUT2D eigenvalue weighted by molar-refractivity contribution is 6.02. The Kier molecular flexibility index (Phi) is 8.59. The van der Waals surface area contributed by atoms with Crippen molar-refractivity contribution in [2.45, 2.75) is 56.1 Å². The summed E-state index contributed by atoms with van der Waals surface area (Å²) in [5.74, 6) is -2.63. The molecule has 2 aliphatic heterocycles. The van der Waals surface area contributed by atoms with Gasteiger partial charge in [0, 0.05) is 47.8 Å². The maximum atomic E-state index is 17.1. The molecule has 0 radical (unpaired) electrons. The second kappa shape index (κ2) is 12.9. The number of ether oxygens (including phenoxy) is 3. The number of nitrogens with zero attached hydrogens (tertiary/aromatic N) is 5. The summed E-state index contributed by atoms with van der Waals surface area (Å²) < 4.78 is 78.0. The van der Waals surface area contributed by atoms with E-state index >= 15 is 8.78 Å². The number of phenolic OH excluding ortho intramolecular Hbond substituents is 1. The molecule has 8 rings (SSSR count). The molecule has 14 heteroatoms. The lowest BCUT2D eigenvalue weighted by atomic mass is 9.75. The van der Waals surface area contributed by atoms with Crippen LogP contribution in [0.3, 0.4) is 0 Å². The number of likely N-dealkylation sites (tertiary alicyclic amines) is 1. The van der Waals surface area contributed by atoms with E-state index in [1.54, 1.807) is 11.0 Å². The fraction of sp³-hybridized carbons (Fsp3) is 0.500. The largest absolute Gasteiger partial charge is 0.508 e. The van der Waals surface area contributed by atoms with Crippen molar-refractivity contribution in [3.63, 3.8) is 0 Å². The van der Waals surface area contributed by atoms with Crippen LogP contribution in [-0.2, 0) is 4.74 Å². The lowest BCUT2D eigenvalue weighted by Gasteiger charge is -2.46. The first-order valence-electron chi connectivity index (χ1n) is 17.6. The predicted octanol–water partition coefficient (Wildman–Crippen LogP) is 5.71. The summed E-state index contributed by atoms with van der Waals surface area (Å²) in [5.41, 5.74) is -2.62. The smallest absolute Gasteiger partial charge is 0.319 e. The van der Waals surface area contributed by atoms with Gasteiger partial charge < -0.3 is 29.3 Å². The molecule has 2 N–H and O–H groups in total. The predicted molar refractivity (Wildman–Crippen MR) is 185 cm³/mol. The molecule has 2 saturated heterocycles. The van der Waals surface area contributed by atoms with Gasteiger partial charge in [-0.1, -0.05) is 24.5 Å². The van der Waals surface area contributed by atoms with Crippen molar-refractivity contribution in [1.29, 1.82) is 0 Å². The summed E-state index contributed by atoms with van der Waals surface area (Å²) in [6.45, 7) is 1.37. The highest BCUT2D eigenvalue weighted by atomic mass is 19.3. The Balaban J connectivity index is 1.25. The Morgan fingerprint density at radius 1 is 1.10 bits per heavy atom. The number of piperidine rings is 1. The van der Waals surface area contributed by atoms with Crippen molar-refractivity contribution in [3.05, 3.63) is 42.0 Å². The van der Waals surface area contributed by atoms with Gasteiger partial charge in [-0.3, -0.25) is 4.90 Å². The van der Waals surface area contributed by atoms with Crippen LogP contribution in [0.5, 0.6) is 17.6 Å². The minimum Gasteiger partial charge on any atom is -0.508 e. The minimum atomic E-state index is -2.61. The number of aliphatic hydroxyl groups is 1. The molecule has 2 aliphatic carbocycles. The van der Waals surface area contributed by atoms with Crippen LogP contribution < -0.4 is 14.4 Å². The van der Waals surface area contributed by atoms with Gasteiger partial charge in [0.25, 0.3) is 5.92 Å². The van der Waals surface area contributed by atoms with Gasteiger partial charge in [-0.15, -0.1) is 6.42 Å². The number of β-amino-alcohol motifs (C(OH)–C–C–N with tert-alkyl or cyclic N) is 1. The van der Waals surface area contributed by atoms with Crippen LogP contribution in [0.15, 0.2) is 30.3 Å². The van der Waals surface area contributed by atoms with Crippen molar-refractivity contribution in [2.75, 3.05) is 58.0 Å². The van der Waals surface area contributed by atoms with Gasteiger partial charge in [-0.25, -0.2) is 22.5 Å². The number of hydrogen-bond acceptors (Lipinski definition) is 10. The van der Waals surface area contributed by atoms with Crippen molar-refractivity contribution < 1.29 is 42.0 Å². The molecule has 4 aromatic rings. The third kappa shape index (κ3) is 6.02. The number of rotatable bonds is 8. The van der Waals surface area contributed by atoms with Gasteiger partial charge in [0.05, 0.1) is 33.5 Å². The molecule has 2 aromatic heterocycles. The highest BCUT2D eigenvalue weighted by Gasteiger charge is 2.59. The van der Waals surface area contributed by atoms with Gasteiger partial charge in [-0.05, 0) is 55.8 Å². The molecule has 2 saturated carbocycles. The molecule has 4 atom stereocenters. The van der Waals surface area contributed by atoms with Crippen LogP contribution in [0.25, 0.3) is 32.9 Å². The molecule has 2 aromatic carbocycles. The third-order valence-corrected chi connectivity index (χ3v) is 11.3. The van der Waals surface area contributed by atoms with Crippen LogP contribution in [0.4, 0.5) is 23.4 Å². The van der Waals surface area contributed by atoms with Gasteiger partial charge in [-0.2, -0.15) is 9.97 Å². The average Bonchev–Trinajstić information content (AvgIpc) is 3.58. The number of alkyl halides is 2. The van der Waals surface area contributed by atoms with Crippen molar-refractivity contribution in [3.8, 4) is 41.2 Å². The maximum Gasteiger partial charge on any atom is 0.319 e. The first kappa shape index (κ1) is 34.6. The normalized spacial score (nSPS) is 27.3. The van der Waals surface area contributed by atoms with E-state index in [4.69, 9.17) is 25.6 Å². The molecular formula is C38H39F4N5O5. The first-order valence-corrected chi connectivity index (χ1v) is 17.6. The zero-order valence-electron chi connectivity index (χ0n) is 28.7. The number of pyridine rings is 1. The molecule has 10 nitrogen and oxygen atoms in total. The van der Waals surface area contributed by atoms with E-state index in [1.165, 1.54) is 31.4 Å². The van der Waals surface area contributed by atoms with Crippen LogP contribution in [0, 0.1) is 35.3 Å². The van der Waals surface area contributed by atoms with Gasteiger partial charge >= 0.3 is 6.01 Å². The number of phenols is 1. The average molecular weight is 722 g/mol. The van der Waals surface area contributed by atoms with Crippen LogP contribution in [0.1, 0.15) is 38.5 Å². The first-order chi connectivity index (χ1) is 24.9. The summed E-state index contributed by atoms with van der Waals surface area (Å²) >= 11 is 0. The summed E-state index contributed by atoms with van der Waals surface area (Å²) in [5, 5.41) is 22.2. The number of terminal acetylenes is 1. The second-order valence-corrected chi connectivity index (χ2v) is 14.6. The Morgan fingerprint density at radius 2 is 1.90 bits per heavy atom. The number of aromatic hydroxyl groups is 1. The Hall–Kier alpha value is -4.45. The standard InChI is InChI=1S/C38H39F4N5O5/c1-3-37(49)19-47(13-14-51-21-37)33-29-32(30(40)31(43-34(29)50-2)25-16-24(48)15-22-7-4-8-26(39)28(22)25)44-35(45-33)52-20-36-10-5-9-27(36)46(12-6-11-36)18-23-17-38(23,41)42/h1,4,7-8,15-16,23,27,48-49H,5-6,9-14,17-21H2,2H3/t23?,27?,36?,37-/m0/s1. The SMILES string of the molecule is C#C[C@@]1(O)COCCN(c2nc(OCC34CCCC3N(CC3CC3(F)F)CCC4)nc3c(F)c(-c4cc(O)cc5cccc(F)c45)nc(OC)c23)C1. The topological polar surface area (TPSA) is 113 Å². The number of methoxy groups -OCH3 is 1. The number of halogens is 4. The molecule has 0 bridgehead atoms. The van der Waals surface area contributed by atoms with E-state index in [2.05, 4.69) is 20.8 Å². The molecule has 4 heterocycles. The summed E-state index contributed by atoms with van der Waals surface area (Å²) in [6.07, 6.45) is 9.90. The van der Waals surface area contributed by atoms with Crippen molar-refractivity contribution in [2.24, 2.45) is 11.3 Å². The molecule has 0 amide bonds. The number of benzene rings is 2. The van der Waals surface area contributed by atoms with Crippen molar-refractivity contribution in [1.82, 2.24) is 19.9 Å². The van der Waals surface area contributed by atoms with Crippen LogP contribution >= 0.6 is 0 Å². The van der Waals surface area contributed by atoms with E-state index in [0.29, 0.717) is 11.9 Å². The molecule has 4 aliphatic rings. The van der Waals surface area contributed by atoms with Crippen LogP contribution in [-0.4, -0.2) is 101 Å². The third-order valence-electron chi connectivity index (χ3n) is 11.3. The maximum absolute atomic E-state index is 17.1. The van der Waals surface area contributed by atoms with Gasteiger partial charge in [0.1, 0.15) is 34.0 Å². The van der Waals surface area contributed by atoms with E-state index < -0.39 is 29.1 Å². The molecule has 3 unspecified atom stereocenters. The number of hydrogen-bond donors (Lipinski definition) is 2. The minimum absolute atomic E-state index is 0.0190. The van der Waals surface area contributed by atoms with Crippen LogP contribution in [0.2, 0.25) is 0 Å². The molecule has 52 heavy (non-hydrogen) atoms. The second-order valence-electron chi connectivity index (χ2n) is 14.6. The zero-order valence-corrected chi connectivity index (χ0v) is 28.7. The quantitative estimate of drug-likeness (QED) is 0.174. The van der Waals surface area contributed by atoms with Gasteiger partial charge in [0.2, 0.25) is 5.88 Å². The zero-order chi connectivity index (χ0) is 36.4. The molecule has 4 fully saturated rings. The summed E-state index contributed by atoms with van der Waals surface area (Å²) in [4.78, 5) is 17.6. The monoisotopic (exact) mass is 721 g/mol. The Morgan fingerprint density at radius 3 is 2.67 bits per heavy atom. The van der Waals surface area contributed by atoms with E-state index in [1.807, 2.05) is 0 Å². The Bertz CT molecular complexity index is 2100. The van der Waals surface area contributed by atoms with Gasteiger partial charge in [0.15, 0.2) is 11.4 Å². The lowest BCUT2D eigenvalue weighted by Crippen LogP contribution is -2.52.